The van der Waals surface area contributed by atoms with E-state index in [0.717, 1.165) is 17.3 Å². The molecule has 84 valence electrons. The number of anilines is 1. The molecule has 0 spiro atoms. The molecule has 0 saturated heterocycles. The van der Waals surface area contributed by atoms with Gasteiger partial charge < -0.3 is 11.1 Å². The second-order valence-corrected chi connectivity index (χ2v) is 4.51. The van der Waals surface area contributed by atoms with Crippen LogP contribution >= 0.6 is 11.6 Å². The average Bonchev–Trinajstić information content (AvgIpc) is 2.21. The fourth-order valence-corrected chi connectivity index (χ4v) is 1.64. The van der Waals surface area contributed by atoms with Crippen LogP contribution in [0.1, 0.15) is 13.8 Å². The van der Waals surface area contributed by atoms with Crippen molar-refractivity contribution in [2.45, 2.75) is 13.8 Å². The highest BCUT2D eigenvalue weighted by Gasteiger charge is 2.11. The molecule has 1 aromatic rings. The molecule has 1 rings (SSSR count). The average molecular weight is 227 g/mol. The van der Waals surface area contributed by atoms with E-state index in [2.05, 4.69) is 19.2 Å². The zero-order valence-electron chi connectivity index (χ0n) is 9.33. The van der Waals surface area contributed by atoms with Gasteiger partial charge in [-0.1, -0.05) is 37.6 Å². The van der Waals surface area contributed by atoms with Gasteiger partial charge >= 0.3 is 0 Å². The fraction of sp³-hybridized carbons (Fsp3) is 0.500. The van der Waals surface area contributed by atoms with E-state index in [1.54, 1.807) is 0 Å². The van der Waals surface area contributed by atoms with E-state index in [1.807, 2.05) is 24.3 Å². The molecule has 0 bridgehead atoms. The largest absolute Gasteiger partial charge is 0.384 e. The van der Waals surface area contributed by atoms with Gasteiger partial charge in [0.2, 0.25) is 0 Å². The summed E-state index contributed by atoms with van der Waals surface area (Å²) in [5, 5.41) is 4.09. The predicted octanol–water partition coefficient (Wildman–Crippen LogP) is 2.98. The quantitative estimate of drug-likeness (QED) is 0.810. The number of hydrogen-bond acceptors (Lipinski definition) is 2. The highest BCUT2D eigenvalue weighted by molar-refractivity contribution is 6.33. The van der Waals surface area contributed by atoms with Gasteiger partial charge in [-0.05, 0) is 30.5 Å². The molecular weight excluding hydrogens is 208 g/mol. The first-order valence-corrected chi connectivity index (χ1v) is 5.71. The van der Waals surface area contributed by atoms with Gasteiger partial charge in [-0.15, -0.1) is 0 Å². The minimum atomic E-state index is 0.487. The summed E-state index contributed by atoms with van der Waals surface area (Å²) < 4.78 is 0. The molecule has 0 saturated carbocycles. The molecular formula is C12H19ClN2. The van der Waals surface area contributed by atoms with E-state index >= 15 is 0 Å². The standard InChI is InChI=1S/C12H19ClN2/c1-9(2)10(7-14)8-15-12-6-4-3-5-11(12)13/h3-6,9-10,15H,7-8,14H2,1-2H3. The molecule has 3 heteroatoms. The smallest absolute Gasteiger partial charge is 0.0637 e. The summed E-state index contributed by atoms with van der Waals surface area (Å²) in [6, 6.07) is 7.77. The Morgan fingerprint density at radius 1 is 1.33 bits per heavy atom. The molecule has 0 aliphatic carbocycles. The van der Waals surface area contributed by atoms with E-state index in [9.17, 15) is 0 Å². The summed E-state index contributed by atoms with van der Waals surface area (Å²) in [4.78, 5) is 0. The number of rotatable bonds is 5. The van der Waals surface area contributed by atoms with Gasteiger partial charge in [-0.2, -0.15) is 0 Å². The second kappa shape index (κ2) is 5.99. The van der Waals surface area contributed by atoms with Gasteiger partial charge in [0.25, 0.3) is 0 Å². The molecule has 3 N–H and O–H groups in total. The van der Waals surface area contributed by atoms with Gasteiger partial charge in [0.05, 0.1) is 10.7 Å². The Morgan fingerprint density at radius 3 is 2.53 bits per heavy atom. The van der Waals surface area contributed by atoms with Gasteiger partial charge in [0, 0.05) is 6.54 Å². The van der Waals surface area contributed by atoms with Crippen molar-refractivity contribution in [3.8, 4) is 0 Å². The van der Waals surface area contributed by atoms with E-state index in [-0.39, 0.29) is 0 Å². The predicted molar refractivity (Wildman–Crippen MR) is 67.3 cm³/mol. The monoisotopic (exact) mass is 226 g/mol. The number of benzene rings is 1. The summed E-state index contributed by atoms with van der Waals surface area (Å²) in [5.74, 6) is 1.08. The lowest BCUT2D eigenvalue weighted by Crippen LogP contribution is -2.27. The van der Waals surface area contributed by atoms with Crippen molar-refractivity contribution in [1.82, 2.24) is 0 Å². The fourth-order valence-electron chi connectivity index (χ4n) is 1.44. The van der Waals surface area contributed by atoms with Crippen LogP contribution in [0.5, 0.6) is 0 Å². The summed E-state index contributed by atoms with van der Waals surface area (Å²) >= 11 is 6.04. The van der Waals surface area contributed by atoms with Crippen molar-refractivity contribution in [1.29, 1.82) is 0 Å². The lowest BCUT2D eigenvalue weighted by Gasteiger charge is -2.20. The summed E-state index contributed by atoms with van der Waals surface area (Å²) in [5.41, 5.74) is 6.69. The normalized spacial score (nSPS) is 12.9. The molecule has 0 heterocycles. The van der Waals surface area contributed by atoms with Crippen molar-refractivity contribution in [2.24, 2.45) is 17.6 Å². The lowest BCUT2D eigenvalue weighted by atomic mass is 9.96. The Kier molecular flexibility index (Phi) is 4.92. The van der Waals surface area contributed by atoms with E-state index in [4.69, 9.17) is 17.3 Å². The third-order valence-corrected chi connectivity index (χ3v) is 3.00. The van der Waals surface area contributed by atoms with Crippen LogP contribution in [0.15, 0.2) is 24.3 Å². The topological polar surface area (TPSA) is 38.0 Å². The highest BCUT2D eigenvalue weighted by atomic mass is 35.5. The zero-order valence-corrected chi connectivity index (χ0v) is 10.1. The first-order valence-electron chi connectivity index (χ1n) is 5.33. The minimum absolute atomic E-state index is 0.487. The van der Waals surface area contributed by atoms with Crippen LogP contribution in [-0.4, -0.2) is 13.1 Å². The molecule has 2 nitrogen and oxygen atoms in total. The van der Waals surface area contributed by atoms with Gasteiger partial charge in [-0.25, -0.2) is 0 Å². The van der Waals surface area contributed by atoms with Crippen molar-refractivity contribution < 1.29 is 0 Å². The molecule has 0 aliphatic heterocycles. The van der Waals surface area contributed by atoms with Gasteiger partial charge in [-0.3, -0.25) is 0 Å². The minimum Gasteiger partial charge on any atom is -0.384 e. The SMILES string of the molecule is CC(C)C(CN)CNc1ccccc1Cl. The van der Waals surface area contributed by atoms with Crippen molar-refractivity contribution in [2.75, 3.05) is 18.4 Å². The van der Waals surface area contributed by atoms with Crippen molar-refractivity contribution >= 4 is 17.3 Å². The van der Waals surface area contributed by atoms with Crippen molar-refractivity contribution in [3.63, 3.8) is 0 Å². The van der Waals surface area contributed by atoms with Crippen LogP contribution in [-0.2, 0) is 0 Å². The zero-order chi connectivity index (χ0) is 11.3. The Bertz CT molecular complexity index is 299. The Labute approximate surface area is 96.8 Å². The first-order chi connectivity index (χ1) is 7.15. The summed E-state index contributed by atoms with van der Waals surface area (Å²) in [6.45, 7) is 5.95. The highest BCUT2D eigenvalue weighted by Crippen LogP contribution is 2.21. The molecule has 0 fully saturated rings. The number of nitrogens with one attached hydrogen (secondary N) is 1. The van der Waals surface area contributed by atoms with E-state index < -0.39 is 0 Å². The maximum Gasteiger partial charge on any atom is 0.0637 e. The molecule has 0 radical (unpaired) electrons. The van der Waals surface area contributed by atoms with Crippen LogP contribution in [0.3, 0.4) is 0 Å². The number of halogens is 1. The van der Waals surface area contributed by atoms with E-state index in [1.165, 1.54) is 0 Å². The maximum atomic E-state index is 6.04. The molecule has 0 aromatic heterocycles. The molecule has 1 unspecified atom stereocenters. The molecule has 1 atom stereocenters. The molecule has 15 heavy (non-hydrogen) atoms. The van der Waals surface area contributed by atoms with Crippen LogP contribution in [0.4, 0.5) is 5.69 Å². The van der Waals surface area contributed by atoms with Crippen LogP contribution in [0, 0.1) is 11.8 Å². The van der Waals surface area contributed by atoms with Crippen LogP contribution in [0.25, 0.3) is 0 Å². The van der Waals surface area contributed by atoms with E-state index in [0.29, 0.717) is 18.4 Å². The Balaban J connectivity index is 2.53. The number of para-hydroxylation sites is 1. The molecule has 1 aromatic carbocycles. The van der Waals surface area contributed by atoms with Crippen LogP contribution in [0.2, 0.25) is 5.02 Å². The lowest BCUT2D eigenvalue weighted by molar-refractivity contribution is 0.413. The van der Waals surface area contributed by atoms with Crippen molar-refractivity contribution in [3.05, 3.63) is 29.3 Å². The summed E-state index contributed by atoms with van der Waals surface area (Å²) in [6.07, 6.45) is 0. The Hall–Kier alpha value is -0.730. The third-order valence-electron chi connectivity index (χ3n) is 2.67. The first kappa shape index (κ1) is 12.3. The maximum absolute atomic E-state index is 6.04. The van der Waals surface area contributed by atoms with Gasteiger partial charge in [0.1, 0.15) is 0 Å². The Morgan fingerprint density at radius 2 is 2.00 bits per heavy atom. The second-order valence-electron chi connectivity index (χ2n) is 4.10. The summed E-state index contributed by atoms with van der Waals surface area (Å²) in [7, 11) is 0. The van der Waals surface area contributed by atoms with Gasteiger partial charge in [0.15, 0.2) is 0 Å². The number of hydrogen-bond donors (Lipinski definition) is 2. The number of nitrogens with two attached hydrogens (primary N) is 1. The molecule has 0 amide bonds. The van der Waals surface area contributed by atoms with Crippen LogP contribution < -0.4 is 11.1 Å². The molecule has 0 aliphatic rings. The third kappa shape index (κ3) is 3.73.